The summed E-state index contributed by atoms with van der Waals surface area (Å²) in [6.45, 7) is 2.79. The molecule has 0 aliphatic carbocycles. The molecule has 138 valence electrons. The Balaban J connectivity index is 1.89. The van der Waals surface area contributed by atoms with Crippen LogP contribution in [0, 0.1) is 6.92 Å². The Morgan fingerprint density at radius 3 is 2.38 bits per heavy atom. The monoisotopic (exact) mass is 412 g/mol. The molecule has 0 radical (unpaired) electrons. The van der Waals surface area contributed by atoms with Crippen LogP contribution in [0.2, 0.25) is 10.0 Å². The van der Waals surface area contributed by atoms with Gasteiger partial charge < -0.3 is 5.32 Å². The van der Waals surface area contributed by atoms with Crippen LogP contribution in [-0.2, 0) is 10.0 Å². The maximum atomic E-state index is 12.7. The normalized spacial score (nSPS) is 15.2. The van der Waals surface area contributed by atoms with Gasteiger partial charge in [0, 0.05) is 24.3 Å². The second kappa shape index (κ2) is 7.56. The predicted octanol–water partition coefficient (Wildman–Crippen LogP) is 4.34. The quantitative estimate of drug-likeness (QED) is 0.811. The van der Waals surface area contributed by atoms with Crippen molar-refractivity contribution in [3.63, 3.8) is 0 Å². The molecule has 0 saturated carbocycles. The van der Waals surface area contributed by atoms with E-state index in [1.54, 1.807) is 37.3 Å². The zero-order valence-electron chi connectivity index (χ0n) is 14.1. The second-order valence-corrected chi connectivity index (χ2v) is 8.92. The first-order chi connectivity index (χ1) is 12.3. The first kappa shape index (κ1) is 19.2. The molecule has 8 heteroatoms. The van der Waals surface area contributed by atoms with Crippen LogP contribution in [0.3, 0.4) is 0 Å². The summed E-state index contributed by atoms with van der Waals surface area (Å²) >= 11 is 11.8. The smallest absolute Gasteiger partial charge is 0.255 e. The van der Waals surface area contributed by atoms with Gasteiger partial charge in [-0.2, -0.15) is 4.31 Å². The van der Waals surface area contributed by atoms with Gasteiger partial charge in [-0.3, -0.25) is 4.79 Å². The van der Waals surface area contributed by atoms with Crippen molar-refractivity contribution in [3.05, 3.63) is 57.6 Å². The highest BCUT2D eigenvalue weighted by Crippen LogP contribution is 2.26. The van der Waals surface area contributed by atoms with E-state index >= 15 is 0 Å². The third kappa shape index (κ3) is 3.88. The minimum atomic E-state index is -3.58. The SMILES string of the molecule is Cc1ccc(S(=O)(=O)N2CCCC2)cc1C(=O)Nc1ccc(Cl)c(Cl)c1. The van der Waals surface area contributed by atoms with Gasteiger partial charge in [0.15, 0.2) is 0 Å². The Morgan fingerprint density at radius 1 is 1.04 bits per heavy atom. The zero-order chi connectivity index (χ0) is 18.9. The number of carbonyl (C=O) groups excluding carboxylic acids is 1. The number of aryl methyl sites for hydroxylation is 1. The molecule has 0 spiro atoms. The lowest BCUT2D eigenvalue weighted by Gasteiger charge is -2.17. The van der Waals surface area contributed by atoms with E-state index in [2.05, 4.69) is 5.32 Å². The molecule has 3 rings (SSSR count). The number of anilines is 1. The van der Waals surface area contributed by atoms with Crippen molar-refractivity contribution < 1.29 is 13.2 Å². The summed E-state index contributed by atoms with van der Waals surface area (Å²) in [6.07, 6.45) is 1.71. The van der Waals surface area contributed by atoms with Crippen LogP contribution in [0.1, 0.15) is 28.8 Å². The van der Waals surface area contributed by atoms with Gasteiger partial charge in [-0.15, -0.1) is 0 Å². The number of benzene rings is 2. The summed E-state index contributed by atoms with van der Waals surface area (Å²) in [4.78, 5) is 12.8. The van der Waals surface area contributed by atoms with Crippen molar-refractivity contribution in [1.29, 1.82) is 0 Å². The summed E-state index contributed by atoms with van der Waals surface area (Å²) in [5, 5.41) is 3.44. The Morgan fingerprint density at radius 2 is 1.73 bits per heavy atom. The maximum Gasteiger partial charge on any atom is 0.255 e. The molecular formula is C18H18Cl2N2O3S. The number of rotatable bonds is 4. The van der Waals surface area contributed by atoms with Gasteiger partial charge in [-0.05, 0) is 55.7 Å². The van der Waals surface area contributed by atoms with Gasteiger partial charge >= 0.3 is 0 Å². The molecule has 1 aliphatic rings. The third-order valence-electron chi connectivity index (χ3n) is 4.33. The summed E-state index contributed by atoms with van der Waals surface area (Å²) in [5.41, 5.74) is 1.47. The van der Waals surface area contributed by atoms with E-state index in [0.717, 1.165) is 12.8 Å². The van der Waals surface area contributed by atoms with Gasteiger partial charge in [0.2, 0.25) is 10.0 Å². The van der Waals surface area contributed by atoms with Crippen LogP contribution >= 0.6 is 23.2 Å². The van der Waals surface area contributed by atoms with E-state index in [0.29, 0.717) is 39.9 Å². The molecule has 2 aromatic rings. The number of carbonyl (C=O) groups is 1. The Hall–Kier alpha value is -1.60. The number of sulfonamides is 1. The van der Waals surface area contributed by atoms with Gasteiger partial charge in [0.1, 0.15) is 0 Å². The molecule has 1 fully saturated rings. The Kier molecular flexibility index (Phi) is 5.58. The molecule has 1 amide bonds. The van der Waals surface area contributed by atoms with Crippen molar-refractivity contribution in [2.45, 2.75) is 24.7 Å². The minimum Gasteiger partial charge on any atom is -0.322 e. The van der Waals surface area contributed by atoms with Crippen molar-refractivity contribution in [2.75, 3.05) is 18.4 Å². The lowest BCUT2D eigenvalue weighted by molar-refractivity contribution is 0.102. The van der Waals surface area contributed by atoms with Crippen LogP contribution in [0.5, 0.6) is 0 Å². The molecule has 0 atom stereocenters. The topological polar surface area (TPSA) is 66.5 Å². The average Bonchev–Trinajstić information content (AvgIpc) is 3.13. The summed E-state index contributed by atoms with van der Waals surface area (Å²) < 4.78 is 26.9. The van der Waals surface area contributed by atoms with Crippen molar-refractivity contribution in [2.24, 2.45) is 0 Å². The van der Waals surface area contributed by atoms with Gasteiger partial charge in [-0.25, -0.2) is 8.42 Å². The molecule has 1 saturated heterocycles. The van der Waals surface area contributed by atoms with Gasteiger partial charge in [0.25, 0.3) is 5.91 Å². The first-order valence-corrected chi connectivity index (χ1v) is 10.4. The van der Waals surface area contributed by atoms with Crippen molar-refractivity contribution in [1.82, 2.24) is 4.31 Å². The number of hydrogen-bond acceptors (Lipinski definition) is 3. The number of halogens is 2. The highest BCUT2D eigenvalue weighted by molar-refractivity contribution is 7.89. The van der Waals surface area contributed by atoms with E-state index in [1.165, 1.54) is 10.4 Å². The Labute approximate surface area is 163 Å². The Bertz CT molecular complexity index is 955. The second-order valence-electron chi connectivity index (χ2n) is 6.17. The standard InChI is InChI=1S/C18H18Cl2N2O3S/c1-12-4-6-14(26(24,25)22-8-2-3-9-22)11-15(12)18(23)21-13-5-7-16(19)17(20)10-13/h4-7,10-11H,2-3,8-9H2,1H3,(H,21,23). The van der Waals surface area contributed by atoms with Crippen LogP contribution in [0.15, 0.2) is 41.3 Å². The molecule has 0 bridgehead atoms. The molecule has 0 unspecified atom stereocenters. The first-order valence-electron chi connectivity index (χ1n) is 8.16. The molecule has 5 nitrogen and oxygen atoms in total. The predicted molar refractivity (Wildman–Crippen MR) is 104 cm³/mol. The largest absolute Gasteiger partial charge is 0.322 e. The summed E-state index contributed by atoms with van der Waals surface area (Å²) in [5.74, 6) is -0.403. The van der Waals surface area contributed by atoms with Crippen molar-refractivity contribution >= 4 is 44.8 Å². The van der Waals surface area contributed by atoms with E-state index in [9.17, 15) is 13.2 Å². The fourth-order valence-corrected chi connectivity index (χ4v) is 4.70. The van der Waals surface area contributed by atoms with E-state index in [4.69, 9.17) is 23.2 Å². The van der Waals surface area contributed by atoms with E-state index in [1.807, 2.05) is 0 Å². The van der Waals surface area contributed by atoms with Crippen molar-refractivity contribution in [3.8, 4) is 0 Å². The molecule has 2 aromatic carbocycles. The molecule has 26 heavy (non-hydrogen) atoms. The average molecular weight is 413 g/mol. The van der Waals surface area contributed by atoms with Crippen LogP contribution in [0.25, 0.3) is 0 Å². The highest BCUT2D eigenvalue weighted by Gasteiger charge is 2.28. The van der Waals surface area contributed by atoms with Gasteiger partial charge in [0.05, 0.1) is 14.9 Å². The number of nitrogens with one attached hydrogen (secondary N) is 1. The summed E-state index contributed by atoms with van der Waals surface area (Å²) in [7, 11) is -3.58. The molecule has 0 aromatic heterocycles. The van der Waals surface area contributed by atoms with Crippen LogP contribution in [0.4, 0.5) is 5.69 Å². The fourth-order valence-electron chi connectivity index (χ4n) is 2.86. The fraction of sp³-hybridized carbons (Fsp3) is 0.278. The maximum absolute atomic E-state index is 12.7. The van der Waals surface area contributed by atoms with E-state index < -0.39 is 15.9 Å². The third-order valence-corrected chi connectivity index (χ3v) is 6.97. The molecule has 1 N–H and O–H groups in total. The highest BCUT2D eigenvalue weighted by atomic mass is 35.5. The molecule has 1 heterocycles. The molecule has 1 aliphatic heterocycles. The van der Waals surface area contributed by atoms with Crippen LogP contribution in [-0.4, -0.2) is 31.7 Å². The zero-order valence-corrected chi connectivity index (χ0v) is 16.5. The van der Waals surface area contributed by atoms with Crippen LogP contribution < -0.4 is 5.32 Å². The number of nitrogens with zero attached hydrogens (tertiary/aromatic N) is 1. The lowest BCUT2D eigenvalue weighted by Crippen LogP contribution is -2.28. The van der Waals surface area contributed by atoms with Gasteiger partial charge in [-0.1, -0.05) is 29.3 Å². The number of hydrogen-bond donors (Lipinski definition) is 1. The summed E-state index contributed by atoms with van der Waals surface area (Å²) in [6, 6.07) is 9.37. The van der Waals surface area contributed by atoms with E-state index in [-0.39, 0.29) is 4.90 Å². The lowest BCUT2D eigenvalue weighted by atomic mass is 10.1. The molecular weight excluding hydrogens is 395 g/mol. The minimum absolute atomic E-state index is 0.129. The number of amides is 1.